The van der Waals surface area contributed by atoms with Gasteiger partial charge in [-0.25, -0.2) is 4.39 Å². The number of benzene rings is 3. The predicted molar refractivity (Wildman–Crippen MR) is 111 cm³/mol. The molecule has 4 aromatic rings. The number of nitrogens with zero attached hydrogens (tertiary/aromatic N) is 2. The molecule has 134 valence electrons. The molecule has 4 rings (SSSR count). The van der Waals surface area contributed by atoms with E-state index in [9.17, 15) is 4.39 Å². The zero-order valence-corrected chi connectivity index (χ0v) is 15.5. The van der Waals surface area contributed by atoms with Gasteiger partial charge < -0.3 is 4.57 Å². The molecule has 3 heteroatoms. The van der Waals surface area contributed by atoms with E-state index >= 15 is 0 Å². The Morgan fingerprint density at radius 2 is 1.85 bits per heavy atom. The Hall–Kier alpha value is -3.20. The summed E-state index contributed by atoms with van der Waals surface area (Å²) in [6, 6.07) is 21.4. The van der Waals surface area contributed by atoms with Crippen molar-refractivity contribution < 1.29 is 4.39 Å². The highest BCUT2D eigenvalue weighted by molar-refractivity contribution is 5.90. The van der Waals surface area contributed by atoms with Crippen molar-refractivity contribution >= 4 is 22.8 Å². The Labute approximate surface area is 158 Å². The molecule has 0 spiro atoms. The van der Waals surface area contributed by atoms with E-state index in [1.54, 1.807) is 12.1 Å². The molecule has 1 heterocycles. The Morgan fingerprint density at radius 3 is 2.70 bits per heavy atom. The molecule has 0 aliphatic rings. The summed E-state index contributed by atoms with van der Waals surface area (Å²) in [7, 11) is 0. The summed E-state index contributed by atoms with van der Waals surface area (Å²) in [5, 5.41) is 1.15. The molecule has 0 saturated heterocycles. The van der Waals surface area contributed by atoms with Gasteiger partial charge in [0.05, 0.1) is 5.69 Å². The topological polar surface area (TPSA) is 17.3 Å². The molecule has 0 atom stereocenters. The van der Waals surface area contributed by atoms with Crippen molar-refractivity contribution in [2.45, 2.75) is 20.4 Å². The van der Waals surface area contributed by atoms with Crippen molar-refractivity contribution in [1.29, 1.82) is 0 Å². The minimum Gasteiger partial charge on any atom is -0.343 e. The first-order valence-corrected chi connectivity index (χ1v) is 9.03. The molecule has 2 nitrogen and oxygen atoms in total. The Kier molecular flexibility index (Phi) is 4.59. The van der Waals surface area contributed by atoms with Crippen LogP contribution in [0, 0.1) is 19.7 Å². The lowest BCUT2D eigenvalue weighted by molar-refractivity contribution is 0.624. The first-order chi connectivity index (χ1) is 13.1. The van der Waals surface area contributed by atoms with Crippen LogP contribution in [-0.2, 0) is 6.54 Å². The molecule has 0 N–H and O–H groups in total. The quantitative estimate of drug-likeness (QED) is 0.388. The van der Waals surface area contributed by atoms with Crippen LogP contribution in [0.1, 0.15) is 22.3 Å². The van der Waals surface area contributed by atoms with Crippen molar-refractivity contribution in [3.8, 4) is 0 Å². The summed E-state index contributed by atoms with van der Waals surface area (Å²) >= 11 is 0. The van der Waals surface area contributed by atoms with Gasteiger partial charge in [-0.15, -0.1) is 0 Å². The molecule has 0 aliphatic heterocycles. The molecule has 0 bridgehead atoms. The van der Waals surface area contributed by atoms with E-state index in [-0.39, 0.29) is 5.82 Å². The normalized spacial score (nSPS) is 11.5. The smallest absolute Gasteiger partial charge is 0.123 e. The van der Waals surface area contributed by atoms with E-state index in [0.717, 1.165) is 27.7 Å². The number of aromatic nitrogens is 1. The summed E-state index contributed by atoms with van der Waals surface area (Å²) < 4.78 is 15.6. The lowest BCUT2D eigenvalue weighted by Crippen LogP contribution is -1.98. The van der Waals surface area contributed by atoms with Gasteiger partial charge in [-0.05, 0) is 72.5 Å². The maximum atomic E-state index is 13.4. The van der Waals surface area contributed by atoms with E-state index in [0.29, 0.717) is 6.54 Å². The van der Waals surface area contributed by atoms with Crippen LogP contribution in [0.5, 0.6) is 0 Å². The summed E-state index contributed by atoms with van der Waals surface area (Å²) in [4.78, 5) is 4.65. The van der Waals surface area contributed by atoms with Crippen LogP contribution in [-0.4, -0.2) is 10.8 Å². The Bertz CT molecular complexity index is 1140. The van der Waals surface area contributed by atoms with E-state index in [4.69, 9.17) is 0 Å². The largest absolute Gasteiger partial charge is 0.343 e. The molecule has 0 aliphatic carbocycles. The first-order valence-electron chi connectivity index (χ1n) is 9.03. The fraction of sp³-hybridized carbons (Fsp3) is 0.125. The summed E-state index contributed by atoms with van der Waals surface area (Å²) in [6.07, 6.45) is 3.95. The van der Waals surface area contributed by atoms with Crippen LogP contribution < -0.4 is 0 Å². The van der Waals surface area contributed by atoms with Crippen molar-refractivity contribution in [3.05, 3.63) is 101 Å². The highest BCUT2D eigenvalue weighted by Gasteiger charge is 2.04. The van der Waals surface area contributed by atoms with Gasteiger partial charge >= 0.3 is 0 Å². The maximum absolute atomic E-state index is 13.4. The zero-order valence-electron chi connectivity index (χ0n) is 15.5. The Morgan fingerprint density at radius 1 is 0.963 bits per heavy atom. The SMILES string of the molecule is Cc1ccc(C)c(N=Cc2ccc3c(ccn3Cc3cccc(F)c3)c2)c1. The van der Waals surface area contributed by atoms with Gasteiger partial charge in [0.2, 0.25) is 0 Å². The van der Waals surface area contributed by atoms with Crippen molar-refractivity contribution in [1.82, 2.24) is 4.57 Å². The third-order valence-electron chi connectivity index (χ3n) is 4.75. The van der Waals surface area contributed by atoms with Gasteiger partial charge in [0, 0.05) is 29.9 Å². The fourth-order valence-electron chi connectivity index (χ4n) is 3.27. The van der Waals surface area contributed by atoms with Gasteiger partial charge in [0.15, 0.2) is 0 Å². The highest BCUT2D eigenvalue weighted by Crippen LogP contribution is 2.22. The minimum atomic E-state index is -0.200. The fourth-order valence-corrected chi connectivity index (χ4v) is 3.27. The summed E-state index contributed by atoms with van der Waals surface area (Å²) in [5.74, 6) is -0.200. The summed E-state index contributed by atoms with van der Waals surface area (Å²) in [6.45, 7) is 4.80. The average molecular weight is 356 g/mol. The van der Waals surface area contributed by atoms with Crippen molar-refractivity contribution in [3.63, 3.8) is 0 Å². The molecular weight excluding hydrogens is 335 g/mol. The number of rotatable bonds is 4. The highest BCUT2D eigenvalue weighted by atomic mass is 19.1. The van der Waals surface area contributed by atoms with E-state index in [1.807, 2.05) is 18.5 Å². The summed E-state index contributed by atoms with van der Waals surface area (Å²) in [5.41, 5.74) is 6.51. The van der Waals surface area contributed by atoms with Crippen LogP contribution in [0.25, 0.3) is 10.9 Å². The lowest BCUT2D eigenvalue weighted by Gasteiger charge is -2.06. The van der Waals surface area contributed by atoms with E-state index in [1.165, 1.54) is 17.2 Å². The van der Waals surface area contributed by atoms with Gasteiger partial charge in [-0.2, -0.15) is 0 Å². The number of aryl methyl sites for hydroxylation is 2. The maximum Gasteiger partial charge on any atom is 0.123 e. The van der Waals surface area contributed by atoms with Crippen molar-refractivity contribution in [2.75, 3.05) is 0 Å². The second-order valence-electron chi connectivity index (χ2n) is 6.94. The van der Waals surface area contributed by atoms with Crippen LogP contribution in [0.3, 0.4) is 0 Å². The third-order valence-corrected chi connectivity index (χ3v) is 4.75. The second kappa shape index (κ2) is 7.20. The van der Waals surface area contributed by atoms with Gasteiger partial charge in [-0.1, -0.05) is 30.3 Å². The van der Waals surface area contributed by atoms with Crippen LogP contribution in [0.15, 0.2) is 77.9 Å². The van der Waals surface area contributed by atoms with Crippen LogP contribution in [0.2, 0.25) is 0 Å². The Balaban J connectivity index is 1.60. The molecule has 0 saturated carbocycles. The number of aliphatic imine (C=N–C) groups is 1. The molecule has 0 radical (unpaired) electrons. The molecule has 0 amide bonds. The monoisotopic (exact) mass is 356 g/mol. The number of hydrogen-bond acceptors (Lipinski definition) is 1. The molecule has 0 fully saturated rings. The van der Waals surface area contributed by atoms with Gasteiger partial charge in [-0.3, -0.25) is 4.99 Å². The molecule has 1 aromatic heterocycles. The van der Waals surface area contributed by atoms with Gasteiger partial charge in [0.25, 0.3) is 0 Å². The van der Waals surface area contributed by atoms with E-state index < -0.39 is 0 Å². The van der Waals surface area contributed by atoms with E-state index in [2.05, 4.69) is 65.9 Å². The second-order valence-corrected chi connectivity index (χ2v) is 6.94. The standard InChI is InChI=1S/C24H21FN2/c1-17-6-7-18(2)23(12-17)26-15-19-8-9-24-21(13-19)10-11-27(24)16-20-4-3-5-22(25)14-20/h3-15H,16H2,1-2H3. The molecule has 27 heavy (non-hydrogen) atoms. The van der Waals surface area contributed by atoms with Crippen LogP contribution in [0.4, 0.5) is 10.1 Å². The van der Waals surface area contributed by atoms with Crippen LogP contribution >= 0.6 is 0 Å². The minimum absolute atomic E-state index is 0.200. The molecule has 0 unspecified atom stereocenters. The number of halogens is 1. The average Bonchev–Trinajstić information content (AvgIpc) is 3.04. The van der Waals surface area contributed by atoms with Gasteiger partial charge in [0.1, 0.15) is 5.82 Å². The lowest BCUT2D eigenvalue weighted by atomic mass is 10.1. The predicted octanol–water partition coefficient (Wildman–Crippen LogP) is 6.20. The first kappa shape index (κ1) is 17.2. The molecular formula is C24H21FN2. The third kappa shape index (κ3) is 3.82. The van der Waals surface area contributed by atoms with Crippen molar-refractivity contribution in [2.24, 2.45) is 4.99 Å². The zero-order chi connectivity index (χ0) is 18.8. The number of hydrogen-bond donors (Lipinski definition) is 0. The molecule has 3 aromatic carbocycles. The number of fused-ring (bicyclic) bond motifs is 1.